The first-order chi connectivity index (χ1) is 19.6. The van der Waals surface area contributed by atoms with Gasteiger partial charge in [0.25, 0.3) is 5.91 Å². The van der Waals surface area contributed by atoms with Crippen LogP contribution in [0.25, 0.3) is 11.4 Å². The second kappa shape index (κ2) is 13.4. The normalized spacial score (nSPS) is 18.2. The number of hydrogen-bond acceptors (Lipinski definition) is 9. The van der Waals surface area contributed by atoms with Crippen molar-refractivity contribution in [3.05, 3.63) is 42.1 Å². The summed E-state index contributed by atoms with van der Waals surface area (Å²) in [7, 11) is -3.07. The molecule has 222 valence electrons. The Kier molecular flexibility index (Phi) is 9.92. The molecule has 2 fully saturated rings. The maximum atomic E-state index is 13.5. The third-order valence-corrected chi connectivity index (χ3v) is 7.76. The van der Waals surface area contributed by atoms with Crippen molar-refractivity contribution in [2.24, 2.45) is 0 Å². The molecule has 2 aliphatic heterocycles. The fourth-order valence-electron chi connectivity index (χ4n) is 4.76. The lowest BCUT2D eigenvalue weighted by Crippen LogP contribution is -2.56. The highest BCUT2D eigenvalue weighted by Crippen LogP contribution is 2.35. The smallest absolute Gasteiger partial charge is 0.409 e. The van der Waals surface area contributed by atoms with Crippen molar-refractivity contribution in [2.45, 2.75) is 25.5 Å². The van der Waals surface area contributed by atoms with Gasteiger partial charge in [0, 0.05) is 58.0 Å². The molecule has 41 heavy (non-hydrogen) atoms. The van der Waals surface area contributed by atoms with Gasteiger partial charge >= 0.3 is 13.7 Å². The molecule has 3 N–H and O–H groups in total. The third kappa shape index (κ3) is 8.00. The number of carbonyl (C=O) groups excluding carboxylic acids is 3. The molecule has 0 spiro atoms. The van der Waals surface area contributed by atoms with Crippen molar-refractivity contribution >= 4 is 31.3 Å². The lowest BCUT2D eigenvalue weighted by molar-refractivity contribution is -0.134. The summed E-state index contributed by atoms with van der Waals surface area (Å²) in [5.74, 6) is -0.644. The molecule has 2 aliphatic rings. The molecular weight excluding hydrogens is 555 g/mol. The summed E-state index contributed by atoms with van der Waals surface area (Å²) in [5.41, 5.74) is 0.624. The second-order valence-corrected chi connectivity index (χ2v) is 11.5. The number of ether oxygens (including phenoxy) is 2. The van der Waals surface area contributed by atoms with E-state index in [1.54, 1.807) is 26.2 Å². The van der Waals surface area contributed by atoms with Crippen LogP contribution in [0.5, 0.6) is 0 Å². The predicted molar refractivity (Wildman–Crippen MR) is 148 cm³/mol. The molecule has 2 aromatic rings. The number of carbonyl (C=O) groups is 3. The first-order valence-electron chi connectivity index (χ1n) is 13.4. The van der Waals surface area contributed by atoms with E-state index in [-0.39, 0.29) is 44.6 Å². The van der Waals surface area contributed by atoms with Gasteiger partial charge in [-0.25, -0.2) is 14.8 Å². The van der Waals surface area contributed by atoms with E-state index in [0.717, 1.165) is 6.42 Å². The van der Waals surface area contributed by atoms with Crippen LogP contribution < -0.4 is 10.2 Å². The van der Waals surface area contributed by atoms with Gasteiger partial charge in [-0.3, -0.25) is 14.2 Å². The van der Waals surface area contributed by atoms with Crippen molar-refractivity contribution in [3.63, 3.8) is 0 Å². The maximum absolute atomic E-state index is 13.5. The number of hydrogen-bond donors (Lipinski definition) is 3. The zero-order valence-corrected chi connectivity index (χ0v) is 23.9. The Morgan fingerprint density at radius 2 is 1.76 bits per heavy atom. The number of aromatic nitrogens is 2. The van der Waals surface area contributed by atoms with Crippen LogP contribution in [0.2, 0.25) is 0 Å². The van der Waals surface area contributed by atoms with Crippen molar-refractivity contribution in [1.29, 1.82) is 0 Å². The summed E-state index contributed by atoms with van der Waals surface area (Å²) < 4.78 is 22.4. The topological polar surface area (TPSA) is 175 Å². The average molecular weight is 591 g/mol. The summed E-state index contributed by atoms with van der Waals surface area (Å²) in [6.07, 6.45) is -0.591. The van der Waals surface area contributed by atoms with E-state index in [4.69, 9.17) is 9.47 Å². The van der Waals surface area contributed by atoms with Crippen molar-refractivity contribution < 1.29 is 38.2 Å². The summed E-state index contributed by atoms with van der Waals surface area (Å²) in [6, 6.07) is 9.07. The maximum Gasteiger partial charge on any atom is 0.409 e. The van der Waals surface area contributed by atoms with Gasteiger partial charge in [-0.15, -0.1) is 0 Å². The number of amides is 3. The molecule has 0 saturated carbocycles. The predicted octanol–water partition coefficient (Wildman–Crippen LogP) is 0.946. The Bertz CT molecular complexity index is 1280. The molecule has 14 nitrogen and oxygen atoms in total. The molecule has 0 radical (unpaired) electrons. The fraction of sp³-hybridized carbons (Fsp3) is 0.500. The minimum Gasteiger partial charge on any atom is -0.450 e. The molecule has 0 bridgehead atoms. The molecule has 1 aromatic heterocycles. The van der Waals surface area contributed by atoms with Gasteiger partial charge in [-0.1, -0.05) is 30.3 Å². The first kappa shape index (κ1) is 30.4. The SMILES string of the molecule is CCOC(=O)N1CCN(C(=O)[C@H](CP(=O)(O)O)NC(=O)c2cc(N3CC[C@H](OC)C3)nc(-c3ccccc3)n2)CC1. The van der Waals surface area contributed by atoms with Crippen LogP contribution in [0.1, 0.15) is 23.8 Å². The molecule has 15 heteroatoms. The highest BCUT2D eigenvalue weighted by molar-refractivity contribution is 7.51. The number of nitrogens with zero attached hydrogens (tertiary/aromatic N) is 5. The highest BCUT2D eigenvalue weighted by Gasteiger charge is 2.35. The van der Waals surface area contributed by atoms with E-state index in [2.05, 4.69) is 15.3 Å². The van der Waals surface area contributed by atoms with Gasteiger partial charge in [-0.05, 0) is 13.3 Å². The molecule has 2 atom stereocenters. The highest BCUT2D eigenvalue weighted by atomic mass is 31.2. The van der Waals surface area contributed by atoms with Crippen LogP contribution in [-0.2, 0) is 18.8 Å². The Balaban J connectivity index is 1.56. The van der Waals surface area contributed by atoms with Gasteiger partial charge in [0.05, 0.1) is 18.9 Å². The second-order valence-electron chi connectivity index (χ2n) is 9.78. The molecule has 2 saturated heterocycles. The van der Waals surface area contributed by atoms with E-state index in [1.165, 1.54) is 15.9 Å². The van der Waals surface area contributed by atoms with Crippen LogP contribution in [-0.4, -0.2) is 119 Å². The van der Waals surface area contributed by atoms with E-state index in [1.807, 2.05) is 23.1 Å². The minimum atomic E-state index is -4.71. The van der Waals surface area contributed by atoms with Gasteiger partial charge in [-0.2, -0.15) is 0 Å². The monoisotopic (exact) mass is 590 g/mol. The Labute approximate surface area is 237 Å². The van der Waals surface area contributed by atoms with Crippen LogP contribution in [0.3, 0.4) is 0 Å². The number of piperazine rings is 1. The van der Waals surface area contributed by atoms with E-state index < -0.39 is 37.7 Å². The van der Waals surface area contributed by atoms with Gasteiger partial charge in [0.1, 0.15) is 17.6 Å². The lowest BCUT2D eigenvalue weighted by atomic mass is 10.2. The largest absolute Gasteiger partial charge is 0.450 e. The Morgan fingerprint density at radius 1 is 1.07 bits per heavy atom. The summed E-state index contributed by atoms with van der Waals surface area (Å²) in [6.45, 7) is 3.76. The standard InChI is InChI=1S/C26H35N6O8P/c1-3-40-26(35)31-13-11-30(12-14-31)25(34)21(17-41(36,37)38)28-24(33)20-15-22(32-10-9-19(16-32)39-2)29-23(27-20)18-7-5-4-6-8-18/h4-8,15,19,21H,3,9-14,16-17H2,1-2H3,(H,28,33)(H2,36,37,38)/t19-,21-/m0/s1. The van der Waals surface area contributed by atoms with Crippen LogP contribution in [0.4, 0.5) is 10.6 Å². The minimum absolute atomic E-state index is 0.0111. The van der Waals surface area contributed by atoms with Gasteiger partial charge in [0.15, 0.2) is 5.82 Å². The Hall–Kier alpha value is -3.58. The van der Waals surface area contributed by atoms with E-state index >= 15 is 0 Å². The van der Waals surface area contributed by atoms with Gasteiger partial charge < -0.3 is 39.3 Å². The number of methoxy groups -OCH3 is 1. The molecule has 4 rings (SSSR count). The molecule has 3 amide bonds. The Morgan fingerprint density at radius 3 is 2.37 bits per heavy atom. The zero-order valence-electron chi connectivity index (χ0n) is 23.0. The first-order valence-corrected chi connectivity index (χ1v) is 15.2. The van der Waals surface area contributed by atoms with Crippen LogP contribution >= 0.6 is 7.60 Å². The summed E-state index contributed by atoms with van der Waals surface area (Å²) in [5, 5.41) is 2.50. The molecular formula is C26H35N6O8P. The fourth-order valence-corrected chi connectivity index (χ4v) is 5.48. The number of benzene rings is 1. The van der Waals surface area contributed by atoms with Crippen molar-refractivity contribution in [3.8, 4) is 11.4 Å². The van der Waals surface area contributed by atoms with E-state index in [0.29, 0.717) is 30.3 Å². The summed E-state index contributed by atoms with van der Waals surface area (Å²) in [4.78, 5) is 72.1. The molecule has 3 heterocycles. The number of rotatable bonds is 9. The van der Waals surface area contributed by atoms with Crippen LogP contribution in [0, 0.1) is 0 Å². The third-order valence-electron chi connectivity index (χ3n) is 6.92. The number of nitrogens with one attached hydrogen (secondary N) is 1. The zero-order chi connectivity index (χ0) is 29.6. The molecule has 1 aromatic carbocycles. The van der Waals surface area contributed by atoms with Gasteiger partial charge in [0.2, 0.25) is 5.91 Å². The molecule has 0 unspecified atom stereocenters. The summed E-state index contributed by atoms with van der Waals surface area (Å²) >= 11 is 0. The van der Waals surface area contributed by atoms with E-state index in [9.17, 15) is 28.7 Å². The van der Waals surface area contributed by atoms with Crippen molar-refractivity contribution in [2.75, 3.05) is 64.0 Å². The quantitative estimate of drug-likeness (QED) is 0.355. The van der Waals surface area contributed by atoms with Crippen molar-refractivity contribution in [1.82, 2.24) is 25.1 Å². The number of anilines is 1. The lowest BCUT2D eigenvalue weighted by Gasteiger charge is -2.36. The molecule has 0 aliphatic carbocycles. The average Bonchev–Trinajstić information content (AvgIpc) is 3.46. The van der Waals surface area contributed by atoms with Crippen LogP contribution in [0.15, 0.2) is 36.4 Å².